The van der Waals surface area contributed by atoms with Crippen LogP contribution in [0.1, 0.15) is 54.8 Å². The maximum absolute atomic E-state index is 12.7. The lowest BCUT2D eigenvalue weighted by Crippen LogP contribution is -2.29. The molecule has 4 rings (SSSR count). The van der Waals surface area contributed by atoms with E-state index in [2.05, 4.69) is 25.8 Å². The van der Waals surface area contributed by atoms with Crippen molar-refractivity contribution in [3.8, 4) is 22.6 Å². The summed E-state index contributed by atoms with van der Waals surface area (Å²) in [5.41, 5.74) is 4.70. The zero-order valence-electron chi connectivity index (χ0n) is 19.2. The molecular weight excluding hydrogens is 436 g/mol. The molecule has 0 bridgehead atoms. The predicted octanol–water partition coefficient (Wildman–Crippen LogP) is 5.38. The predicted molar refractivity (Wildman–Crippen MR) is 128 cm³/mol. The standard InChI is InChI=1S/C24H26N6O2S/c1-14(2)22-27-28-29-30(22)20-10-19(18-8-6-15(3)7-9-18)11-21(12-20)32-24(31)26-17(5)23-25-16(4)13-33-23/h6-14,17H,1-5H3,(H,26,31). The van der Waals surface area contributed by atoms with Gasteiger partial charge < -0.3 is 10.1 Å². The fraction of sp³-hybridized carbons (Fsp3) is 0.292. The molecule has 0 fully saturated rings. The Morgan fingerprint density at radius 1 is 1.06 bits per heavy atom. The smallest absolute Gasteiger partial charge is 0.410 e. The summed E-state index contributed by atoms with van der Waals surface area (Å²) in [7, 11) is 0. The molecule has 2 aromatic heterocycles. The van der Waals surface area contributed by atoms with Crippen molar-refractivity contribution in [2.75, 3.05) is 0 Å². The van der Waals surface area contributed by atoms with Crippen LogP contribution >= 0.6 is 11.3 Å². The Kier molecular flexibility index (Phi) is 6.50. The first-order valence-corrected chi connectivity index (χ1v) is 11.6. The van der Waals surface area contributed by atoms with Crippen LogP contribution in [0.3, 0.4) is 0 Å². The molecule has 1 amide bonds. The van der Waals surface area contributed by atoms with E-state index in [1.807, 2.05) is 76.4 Å². The van der Waals surface area contributed by atoms with Gasteiger partial charge in [-0.1, -0.05) is 43.7 Å². The second-order valence-corrected chi connectivity index (χ2v) is 9.16. The molecular formula is C24H26N6O2S. The van der Waals surface area contributed by atoms with E-state index in [1.54, 1.807) is 10.7 Å². The van der Waals surface area contributed by atoms with Crippen molar-refractivity contribution in [2.24, 2.45) is 0 Å². The molecule has 0 saturated carbocycles. The monoisotopic (exact) mass is 462 g/mol. The first-order valence-electron chi connectivity index (χ1n) is 10.7. The summed E-state index contributed by atoms with van der Waals surface area (Å²) in [5.74, 6) is 1.24. The van der Waals surface area contributed by atoms with Crippen LogP contribution in [0.25, 0.3) is 16.8 Å². The number of nitrogens with zero attached hydrogens (tertiary/aromatic N) is 5. The fourth-order valence-electron chi connectivity index (χ4n) is 3.36. The number of hydrogen-bond donors (Lipinski definition) is 1. The molecule has 2 aromatic carbocycles. The number of carbonyl (C=O) groups excluding carboxylic acids is 1. The number of amides is 1. The molecule has 8 nitrogen and oxygen atoms in total. The average Bonchev–Trinajstić information content (AvgIpc) is 3.43. The lowest BCUT2D eigenvalue weighted by Gasteiger charge is -2.14. The van der Waals surface area contributed by atoms with Crippen LogP contribution in [0.5, 0.6) is 5.75 Å². The molecule has 4 aromatic rings. The number of ether oxygens (including phenoxy) is 1. The van der Waals surface area contributed by atoms with Crippen LogP contribution in [0.2, 0.25) is 0 Å². The molecule has 9 heteroatoms. The van der Waals surface area contributed by atoms with E-state index >= 15 is 0 Å². The molecule has 2 heterocycles. The molecule has 33 heavy (non-hydrogen) atoms. The quantitative estimate of drug-likeness (QED) is 0.414. The molecule has 0 aliphatic carbocycles. The van der Waals surface area contributed by atoms with Gasteiger partial charge in [-0.3, -0.25) is 0 Å². The minimum Gasteiger partial charge on any atom is -0.410 e. The number of tetrazole rings is 1. The number of rotatable bonds is 6. The van der Waals surface area contributed by atoms with E-state index in [1.165, 1.54) is 16.9 Å². The summed E-state index contributed by atoms with van der Waals surface area (Å²) in [5, 5.41) is 17.8. The zero-order chi connectivity index (χ0) is 23.5. The third-order valence-corrected chi connectivity index (χ3v) is 6.23. The minimum atomic E-state index is -0.553. The van der Waals surface area contributed by atoms with Gasteiger partial charge in [-0.25, -0.2) is 9.78 Å². The van der Waals surface area contributed by atoms with E-state index in [0.29, 0.717) is 11.4 Å². The Balaban J connectivity index is 1.66. The summed E-state index contributed by atoms with van der Waals surface area (Å²) in [6.07, 6.45) is -0.553. The highest BCUT2D eigenvalue weighted by Gasteiger charge is 2.17. The number of nitrogens with one attached hydrogen (secondary N) is 1. The van der Waals surface area contributed by atoms with E-state index < -0.39 is 6.09 Å². The Labute approximate surface area is 196 Å². The lowest BCUT2D eigenvalue weighted by atomic mass is 10.0. The largest absolute Gasteiger partial charge is 0.413 e. The number of aryl methyl sites for hydroxylation is 2. The summed E-state index contributed by atoms with van der Waals surface area (Å²) in [6, 6.07) is 13.5. The van der Waals surface area contributed by atoms with Crippen molar-refractivity contribution in [3.05, 3.63) is 69.9 Å². The highest BCUT2D eigenvalue weighted by Crippen LogP contribution is 2.29. The Hall–Kier alpha value is -3.59. The molecule has 0 radical (unpaired) electrons. The van der Waals surface area contributed by atoms with E-state index in [9.17, 15) is 4.79 Å². The van der Waals surface area contributed by atoms with Crippen molar-refractivity contribution in [1.29, 1.82) is 0 Å². The number of carbonyl (C=O) groups is 1. The van der Waals surface area contributed by atoms with Gasteiger partial charge in [0.2, 0.25) is 0 Å². The fourth-order valence-corrected chi connectivity index (χ4v) is 4.16. The molecule has 0 saturated heterocycles. The van der Waals surface area contributed by atoms with Gasteiger partial charge in [-0.2, -0.15) is 4.68 Å². The van der Waals surface area contributed by atoms with Crippen LogP contribution in [0, 0.1) is 13.8 Å². The number of benzene rings is 2. The van der Waals surface area contributed by atoms with Crippen molar-refractivity contribution in [1.82, 2.24) is 30.5 Å². The van der Waals surface area contributed by atoms with Crippen molar-refractivity contribution in [3.63, 3.8) is 0 Å². The van der Waals surface area contributed by atoms with Crippen molar-refractivity contribution in [2.45, 2.75) is 46.6 Å². The van der Waals surface area contributed by atoms with E-state index in [4.69, 9.17) is 4.74 Å². The topological polar surface area (TPSA) is 94.8 Å². The maximum Gasteiger partial charge on any atom is 0.413 e. The third-order valence-electron chi connectivity index (χ3n) is 5.08. The molecule has 1 unspecified atom stereocenters. The summed E-state index contributed by atoms with van der Waals surface area (Å²) in [4.78, 5) is 17.1. The van der Waals surface area contributed by atoms with Gasteiger partial charge in [-0.15, -0.1) is 16.4 Å². The average molecular weight is 463 g/mol. The first-order chi connectivity index (χ1) is 15.8. The van der Waals surface area contributed by atoms with Gasteiger partial charge in [0.1, 0.15) is 10.8 Å². The molecule has 170 valence electrons. The van der Waals surface area contributed by atoms with Crippen LogP contribution in [0.4, 0.5) is 4.79 Å². The highest BCUT2D eigenvalue weighted by atomic mass is 32.1. The normalized spacial score (nSPS) is 12.1. The number of hydrogen-bond acceptors (Lipinski definition) is 7. The number of thiazole rings is 1. The second-order valence-electron chi connectivity index (χ2n) is 8.27. The molecule has 0 aliphatic rings. The van der Waals surface area contributed by atoms with Crippen molar-refractivity contribution >= 4 is 17.4 Å². The van der Waals surface area contributed by atoms with Gasteiger partial charge in [0, 0.05) is 23.1 Å². The molecule has 1 atom stereocenters. The van der Waals surface area contributed by atoms with Crippen LogP contribution in [-0.4, -0.2) is 31.3 Å². The van der Waals surface area contributed by atoms with Gasteiger partial charge in [0.05, 0.1) is 11.7 Å². The summed E-state index contributed by atoms with van der Waals surface area (Å²) < 4.78 is 7.36. The van der Waals surface area contributed by atoms with Gasteiger partial charge >= 0.3 is 6.09 Å². The Morgan fingerprint density at radius 2 is 1.82 bits per heavy atom. The van der Waals surface area contributed by atoms with Gasteiger partial charge in [-0.05, 0) is 54.5 Å². The van der Waals surface area contributed by atoms with Crippen LogP contribution in [0.15, 0.2) is 47.8 Å². The lowest BCUT2D eigenvalue weighted by molar-refractivity contribution is 0.197. The van der Waals surface area contributed by atoms with Crippen molar-refractivity contribution < 1.29 is 9.53 Å². The van der Waals surface area contributed by atoms with Crippen LogP contribution in [-0.2, 0) is 0 Å². The van der Waals surface area contributed by atoms with Gasteiger partial charge in [0.15, 0.2) is 5.82 Å². The number of aromatic nitrogens is 5. The minimum absolute atomic E-state index is 0.123. The molecule has 0 spiro atoms. The molecule has 0 aliphatic heterocycles. The Bertz CT molecular complexity index is 1260. The second kappa shape index (κ2) is 9.50. The van der Waals surface area contributed by atoms with Crippen LogP contribution < -0.4 is 10.1 Å². The SMILES string of the molecule is Cc1ccc(-c2cc(OC(=O)NC(C)c3nc(C)cs3)cc(-n3nnnc3C(C)C)c2)cc1. The first kappa shape index (κ1) is 22.6. The van der Waals surface area contributed by atoms with E-state index in [-0.39, 0.29) is 12.0 Å². The maximum atomic E-state index is 12.7. The van der Waals surface area contributed by atoms with E-state index in [0.717, 1.165) is 27.7 Å². The molecule has 1 N–H and O–H groups in total. The zero-order valence-corrected chi connectivity index (χ0v) is 20.1. The van der Waals surface area contributed by atoms with Gasteiger partial charge in [0.25, 0.3) is 0 Å². The summed E-state index contributed by atoms with van der Waals surface area (Å²) in [6.45, 7) is 9.90. The highest BCUT2D eigenvalue weighted by molar-refractivity contribution is 7.09. The third kappa shape index (κ3) is 5.25. The summed E-state index contributed by atoms with van der Waals surface area (Å²) >= 11 is 1.50. The Morgan fingerprint density at radius 3 is 2.48 bits per heavy atom.